The van der Waals surface area contributed by atoms with Crippen molar-refractivity contribution in [2.45, 2.75) is 9.79 Å². The van der Waals surface area contributed by atoms with Crippen molar-refractivity contribution in [1.29, 1.82) is 0 Å². The van der Waals surface area contributed by atoms with Gasteiger partial charge in [-0.05, 0) is 46.5 Å². The SMILES string of the molecule is c1cc2cc(c1)-c1ccccc1Sc1ccc-2cc1. The Hall–Kier alpha value is -1.99. The molecule has 2 aliphatic rings. The van der Waals surface area contributed by atoms with E-state index >= 15 is 0 Å². The zero-order valence-corrected chi connectivity index (χ0v) is 11.2. The fraction of sp³-hybridized carbons (Fsp3) is 0. The van der Waals surface area contributed by atoms with Crippen LogP contribution in [0.25, 0.3) is 22.3 Å². The molecule has 0 unspecified atom stereocenters. The lowest BCUT2D eigenvalue weighted by Gasteiger charge is -2.14. The standard InChI is InChI=1S/C18H12S/c1-2-7-18-17(6-1)15-5-3-4-14(12-15)13-8-10-16(19-18)11-9-13/h1-12H. The van der Waals surface area contributed by atoms with Crippen molar-refractivity contribution in [2.24, 2.45) is 0 Å². The molecular weight excluding hydrogens is 248 g/mol. The third-order valence-corrected chi connectivity index (χ3v) is 4.56. The third kappa shape index (κ3) is 1.87. The van der Waals surface area contributed by atoms with Crippen molar-refractivity contribution in [1.82, 2.24) is 0 Å². The van der Waals surface area contributed by atoms with Gasteiger partial charge in [0.2, 0.25) is 0 Å². The average Bonchev–Trinajstić information content (AvgIpc) is 2.48. The largest absolute Gasteiger partial charge is 0.0895 e. The first-order valence-electron chi connectivity index (χ1n) is 6.38. The van der Waals surface area contributed by atoms with E-state index in [0.717, 1.165) is 0 Å². The summed E-state index contributed by atoms with van der Waals surface area (Å²) in [6.45, 7) is 0. The minimum Gasteiger partial charge on any atom is -0.0895 e. The molecule has 0 N–H and O–H groups in total. The Morgan fingerprint density at radius 1 is 0.579 bits per heavy atom. The molecule has 19 heavy (non-hydrogen) atoms. The predicted molar refractivity (Wildman–Crippen MR) is 81.4 cm³/mol. The maximum atomic E-state index is 2.28. The molecule has 90 valence electrons. The van der Waals surface area contributed by atoms with Gasteiger partial charge < -0.3 is 0 Å². The molecule has 0 nitrogen and oxygen atoms in total. The van der Waals surface area contributed by atoms with Crippen LogP contribution in [-0.4, -0.2) is 0 Å². The normalized spacial score (nSPS) is 12.0. The Morgan fingerprint density at radius 3 is 2.26 bits per heavy atom. The predicted octanol–water partition coefficient (Wildman–Crippen LogP) is 5.49. The fourth-order valence-electron chi connectivity index (χ4n) is 2.50. The van der Waals surface area contributed by atoms with Gasteiger partial charge in [0.15, 0.2) is 0 Å². The molecule has 4 bridgehead atoms. The second-order valence-corrected chi connectivity index (χ2v) is 5.82. The molecule has 0 saturated heterocycles. The number of hydrogen-bond acceptors (Lipinski definition) is 1. The van der Waals surface area contributed by atoms with Crippen molar-refractivity contribution < 1.29 is 0 Å². The van der Waals surface area contributed by atoms with Gasteiger partial charge in [-0.3, -0.25) is 0 Å². The molecule has 1 heteroatoms. The van der Waals surface area contributed by atoms with Crippen LogP contribution in [0.5, 0.6) is 0 Å². The topological polar surface area (TPSA) is 0 Å². The van der Waals surface area contributed by atoms with Crippen LogP contribution in [0.3, 0.4) is 0 Å². The van der Waals surface area contributed by atoms with Crippen molar-refractivity contribution in [2.75, 3.05) is 0 Å². The molecule has 3 aromatic rings. The van der Waals surface area contributed by atoms with Crippen molar-refractivity contribution >= 4 is 11.8 Å². The molecule has 5 rings (SSSR count). The Morgan fingerprint density at radius 2 is 1.37 bits per heavy atom. The van der Waals surface area contributed by atoms with Gasteiger partial charge in [0.1, 0.15) is 0 Å². The average molecular weight is 260 g/mol. The van der Waals surface area contributed by atoms with Crippen molar-refractivity contribution in [3.05, 3.63) is 72.8 Å². The van der Waals surface area contributed by atoms with Gasteiger partial charge in [0.05, 0.1) is 0 Å². The van der Waals surface area contributed by atoms with Crippen molar-refractivity contribution in [3.63, 3.8) is 0 Å². The molecule has 3 aromatic carbocycles. The quantitative estimate of drug-likeness (QED) is 0.403. The summed E-state index contributed by atoms with van der Waals surface area (Å²) in [5, 5.41) is 0. The second kappa shape index (κ2) is 4.29. The highest BCUT2D eigenvalue weighted by Crippen LogP contribution is 2.39. The number of rotatable bonds is 0. The van der Waals surface area contributed by atoms with E-state index in [1.165, 1.54) is 32.0 Å². The van der Waals surface area contributed by atoms with Gasteiger partial charge in [0, 0.05) is 9.79 Å². The summed E-state index contributed by atoms with van der Waals surface area (Å²) in [7, 11) is 0. The van der Waals surface area contributed by atoms with Crippen LogP contribution in [0.1, 0.15) is 0 Å². The highest BCUT2D eigenvalue weighted by Gasteiger charge is 2.10. The van der Waals surface area contributed by atoms with Gasteiger partial charge >= 0.3 is 0 Å². The Bertz CT molecular complexity index is 742. The van der Waals surface area contributed by atoms with Crippen LogP contribution < -0.4 is 0 Å². The minimum absolute atomic E-state index is 1.28. The van der Waals surface area contributed by atoms with E-state index in [9.17, 15) is 0 Å². The second-order valence-electron chi connectivity index (χ2n) is 4.70. The third-order valence-electron chi connectivity index (χ3n) is 3.48. The van der Waals surface area contributed by atoms with Crippen LogP contribution in [0.2, 0.25) is 0 Å². The van der Waals surface area contributed by atoms with Crippen molar-refractivity contribution in [3.8, 4) is 22.3 Å². The molecular formula is C18H12S. The smallest absolute Gasteiger partial charge is 0.0200 e. The highest BCUT2D eigenvalue weighted by atomic mass is 32.2. The number of benzene rings is 3. The molecule has 0 fully saturated rings. The molecule has 2 heterocycles. The maximum Gasteiger partial charge on any atom is 0.0200 e. The Kier molecular flexibility index (Phi) is 2.46. The summed E-state index contributed by atoms with van der Waals surface area (Å²) >= 11 is 1.83. The van der Waals surface area contributed by atoms with E-state index in [1.807, 2.05) is 11.8 Å². The van der Waals surface area contributed by atoms with Gasteiger partial charge in [-0.15, -0.1) is 0 Å². The molecule has 0 spiro atoms. The minimum atomic E-state index is 1.28. The van der Waals surface area contributed by atoms with Gasteiger partial charge in [-0.25, -0.2) is 0 Å². The summed E-state index contributed by atoms with van der Waals surface area (Å²) in [4.78, 5) is 2.61. The first-order chi connectivity index (χ1) is 9.40. The molecule has 0 aliphatic carbocycles. The first kappa shape index (κ1) is 10.9. The summed E-state index contributed by atoms with van der Waals surface area (Å²) in [6.07, 6.45) is 0. The van der Waals surface area contributed by atoms with E-state index in [1.54, 1.807) is 0 Å². The fourth-order valence-corrected chi connectivity index (χ4v) is 3.47. The Balaban J connectivity index is 2.07. The zero-order valence-electron chi connectivity index (χ0n) is 10.3. The van der Waals surface area contributed by atoms with E-state index in [2.05, 4.69) is 72.8 Å². The summed E-state index contributed by atoms with van der Waals surface area (Å²) in [6, 6.07) is 26.2. The summed E-state index contributed by atoms with van der Waals surface area (Å²) in [5.41, 5.74) is 5.18. The summed E-state index contributed by atoms with van der Waals surface area (Å²) < 4.78 is 0. The lowest BCUT2D eigenvalue weighted by atomic mass is 9.99. The lowest BCUT2D eigenvalue weighted by Crippen LogP contribution is -1.87. The molecule has 2 aliphatic heterocycles. The molecule has 0 radical (unpaired) electrons. The number of fused-ring (bicyclic) bond motifs is 2. The van der Waals surface area contributed by atoms with E-state index < -0.39 is 0 Å². The van der Waals surface area contributed by atoms with Gasteiger partial charge in [0.25, 0.3) is 0 Å². The van der Waals surface area contributed by atoms with E-state index in [-0.39, 0.29) is 0 Å². The van der Waals surface area contributed by atoms with Crippen LogP contribution in [0, 0.1) is 0 Å². The van der Waals surface area contributed by atoms with Crippen LogP contribution in [-0.2, 0) is 0 Å². The van der Waals surface area contributed by atoms with Crippen LogP contribution >= 0.6 is 11.8 Å². The van der Waals surface area contributed by atoms with Gasteiger partial charge in [-0.2, -0.15) is 0 Å². The first-order valence-corrected chi connectivity index (χ1v) is 7.19. The van der Waals surface area contributed by atoms with Crippen LogP contribution in [0.4, 0.5) is 0 Å². The number of hydrogen-bond donors (Lipinski definition) is 0. The highest BCUT2D eigenvalue weighted by molar-refractivity contribution is 7.99. The molecule has 0 amide bonds. The van der Waals surface area contributed by atoms with E-state index in [0.29, 0.717) is 0 Å². The molecule has 0 saturated carbocycles. The van der Waals surface area contributed by atoms with E-state index in [4.69, 9.17) is 0 Å². The zero-order chi connectivity index (χ0) is 12.7. The Labute approximate surface area is 117 Å². The molecule has 0 atom stereocenters. The molecule has 0 aromatic heterocycles. The van der Waals surface area contributed by atoms with Crippen LogP contribution in [0.15, 0.2) is 82.6 Å². The lowest BCUT2D eigenvalue weighted by molar-refractivity contribution is 1.39. The monoisotopic (exact) mass is 260 g/mol. The maximum absolute atomic E-state index is 2.28. The van der Waals surface area contributed by atoms with Gasteiger partial charge in [-0.1, -0.05) is 60.3 Å². The summed E-state index contributed by atoms with van der Waals surface area (Å²) in [5.74, 6) is 0.